The lowest BCUT2D eigenvalue weighted by atomic mass is 10.1. The number of piperazine rings is 1. The molecule has 1 saturated heterocycles. The minimum absolute atomic E-state index is 0.0322. The van der Waals surface area contributed by atoms with Crippen LogP contribution in [0.5, 0.6) is 0 Å². The number of nitrogens with one attached hydrogen (secondary N) is 1. The van der Waals surface area contributed by atoms with Crippen molar-refractivity contribution >= 4 is 15.9 Å². The Labute approximate surface area is 151 Å². The molecule has 140 valence electrons. The number of hydrogen-bond donors (Lipinski definition) is 1. The third kappa shape index (κ3) is 6.76. The Balaban J connectivity index is 1.74. The van der Waals surface area contributed by atoms with E-state index in [4.69, 9.17) is 0 Å². The molecule has 1 aliphatic rings. The Hall–Kier alpha value is -1.44. The van der Waals surface area contributed by atoms with Crippen molar-refractivity contribution < 1.29 is 13.2 Å². The lowest BCUT2D eigenvalue weighted by Crippen LogP contribution is -2.49. The number of carbonyl (C=O) groups is 1. The monoisotopic (exact) mass is 367 g/mol. The summed E-state index contributed by atoms with van der Waals surface area (Å²) in [6, 6.07) is 10.2. The van der Waals surface area contributed by atoms with Crippen molar-refractivity contribution in [1.29, 1.82) is 0 Å². The second kappa shape index (κ2) is 9.31. The smallest absolute Gasteiger partial charge is 0.220 e. The summed E-state index contributed by atoms with van der Waals surface area (Å²) >= 11 is 0. The summed E-state index contributed by atoms with van der Waals surface area (Å²) in [7, 11) is -3.31. The maximum absolute atomic E-state index is 12.4. The molecule has 0 atom stereocenters. The molecule has 0 aromatic heterocycles. The van der Waals surface area contributed by atoms with Crippen LogP contribution in [0.3, 0.4) is 0 Å². The number of hydrogen-bond acceptors (Lipinski definition) is 4. The number of nitrogens with zero attached hydrogens (tertiary/aromatic N) is 2. The van der Waals surface area contributed by atoms with Gasteiger partial charge in [0, 0.05) is 45.7 Å². The summed E-state index contributed by atoms with van der Waals surface area (Å²) in [5, 5.41) is 2.70. The quantitative estimate of drug-likeness (QED) is 0.752. The zero-order valence-corrected chi connectivity index (χ0v) is 16.0. The van der Waals surface area contributed by atoms with Gasteiger partial charge in [-0.05, 0) is 11.5 Å². The van der Waals surface area contributed by atoms with Gasteiger partial charge in [-0.15, -0.1) is 0 Å². The molecular weight excluding hydrogens is 338 g/mol. The highest BCUT2D eigenvalue weighted by atomic mass is 32.2. The van der Waals surface area contributed by atoms with Gasteiger partial charge in [0.2, 0.25) is 15.9 Å². The van der Waals surface area contributed by atoms with Gasteiger partial charge >= 0.3 is 0 Å². The zero-order valence-electron chi connectivity index (χ0n) is 15.1. The van der Waals surface area contributed by atoms with Crippen molar-refractivity contribution in [1.82, 2.24) is 14.5 Å². The number of carbonyl (C=O) groups excluding carboxylic acids is 1. The summed E-state index contributed by atoms with van der Waals surface area (Å²) in [5.74, 6) is 0.155. The van der Waals surface area contributed by atoms with Gasteiger partial charge in [0.1, 0.15) is 0 Å². The van der Waals surface area contributed by atoms with Crippen molar-refractivity contribution in [3.05, 3.63) is 35.9 Å². The molecule has 1 N–H and O–H groups in total. The van der Waals surface area contributed by atoms with Crippen LogP contribution in [0.4, 0.5) is 0 Å². The minimum atomic E-state index is -3.31. The van der Waals surface area contributed by atoms with Crippen molar-refractivity contribution in [3.8, 4) is 0 Å². The highest BCUT2D eigenvalue weighted by molar-refractivity contribution is 7.89. The van der Waals surface area contributed by atoms with Crippen LogP contribution in [0.2, 0.25) is 0 Å². The second-order valence-electron chi connectivity index (χ2n) is 6.92. The fourth-order valence-corrected chi connectivity index (χ4v) is 4.24. The molecule has 1 aliphatic heterocycles. The molecule has 2 rings (SSSR count). The van der Waals surface area contributed by atoms with Crippen LogP contribution in [0.1, 0.15) is 25.8 Å². The van der Waals surface area contributed by atoms with Crippen molar-refractivity contribution in [2.24, 2.45) is 5.92 Å². The molecule has 0 radical (unpaired) electrons. The Kier molecular flexibility index (Phi) is 7.40. The van der Waals surface area contributed by atoms with Crippen LogP contribution >= 0.6 is 0 Å². The summed E-state index contributed by atoms with van der Waals surface area (Å²) in [6.07, 6.45) is 0.429. The maximum atomic E-state index is 12.4. The normalized spacial score (nSPS) is 16.9. The van der Waals surface area contributed by atoms with E-state index < -0.39 is 10.0 Å². The molecule has 1 heterocycles. The maximum Gasteiger partial charge on any atom is 0.220 e. The predicted molar refractivity (Wildman–Crippen MR) is 99.5 cm³/mol. The van der Waals surface area contributed by atoms with E-state index >= 15 is 0 Å². The minimum Gasteiger partial charge on any atom is -0.355 e. The van der Waals surface area contributed by atoms with Gasteiger partial charge in [-0.25, -0.2) is 8.42 Å². The Morgan fingerprint density at radius 3 is 2.36 bits per heavy atom. The van der Waals surface area contributed by atoms with E-state index in [0.717, 1.165) is 19.6 Å². The summed E-state index contributed by atoms with van der Waals surface area (Å²) < 4.78 is 26.4. The predicted octanol–water partition coefficient (Wildman–Crippen LogP) is 1.30. The highest BCUT2D eigenvalue weighted by Crippen LogP contribution is 2.11. The van der Waals surface area contributed by atoms with E-state index in [1.54, 1.807) is 4.31 Å². The SMILES string of the molecule is CC(C)CC(=O)NCCS(=O)(=O)N1CCN(Cc2ccccc2)CC1. The van der Waals surface area contributed by atoms with Crippen LogP contribution in [-0.2, 0) is 21.4 Å². The third-order valence-electron chi connectivity index (χ3n) is 4.25. The topological polar surface area (TPSA) is 69.7 Å². The molecule has 0 saturated carbocycles. The molecule has 7 heteroatoms. The third-order valence-corrected chi connectivity index (χ3v) is 6.12. The van der Waals surface area contributed by atoms with E-state index in [1.165, 1.54) is 5.56 Å². The molecule has 1 aromatic carbocycles. The zero-order chi connectivity index (χ0) is 18.3. The fraction of sp³-hybridized carbons (Fsp3) is 0.611. The second-order valence-corrected chi connectivity index (χ2v) is 9.01. The molecule has 1 fully saturated rings. The summed E-state index contributed by atoms with van der Waals surface area (Å²) in [6.45, 7) is 7.43. The number of sulfonamides is 1. The molecule has 0 aliphatic carbocycles. The number of amides is 1. The average Bonchev–Trinajstić information content (AvgIpc) is 2.55. The van der Waals surface area contributed by atoms with Crippen LogP contribution in [-0.4, -0.2) is 62.0 Å². The van der Waals surface area contributed by atoms with Gasteiger partial charge in [0.15, 0.2) is 0 Å². The summed E-state index contributed by atoms with van der Waals surface area (Å²) in [5.41, 5.74) is 1.24. The standard InChI is InChI=1S/C18H29N3O3S/c1-16(2)14-18(22)19-8-13-25(23,24)21-11-9-20(10-12-21)15-17-6-4-3-5-7-17/h3-7,16H,8-15H2,1-2H3,(H,19,22). The first-order valence-electron chi connectivity index (χ1n) is 8.87. The average molecular weight is 368 g/mol. The van der Waals surface area contributed by atoms with Crippen LogP contribution in [0.25, 0.3) is 0 Å². The molecule has 0 spiro atoms. The number of rotatable bonds is 8. The molecule has 0 unspecified atom stereocenters. The van der Waals surface area contributed by atoms with E-state index in [0.29, 0.717) is 19.5 Å². The molecule has 25 heavy (non-hydrogen) atoms. The van der Waals surface area contributed by atoms with Crippen molar-refractivity contribution in [2.45, 2.75) is 26.8 Å². The first kappa shape index (κ1) is 19.9. The Morgan fingerprint density at radius 2 is 1.76 bits per heavy atom. The molecule has 0 bridgehead atoms. The fourth-order valence-electron chi connectivity index (χ4n) is 2.90. The highest BCUT2D eigenvalue weighted by Gasteiger charge is 2.26. The largest absolute Gasteiger partial charge is 0.355 e. The summed E-state index contributed by atoms with van der Waals surface area (Å²) in [4.78, 5) is 13.9. The molecule has 6 nitrogen and oxygen atoms in total. The number of benzene rings is 1. The van der Waals surface area contributed by atoms with Crippen LogP contribution in [0.15, 0.2) is 30.3 Å². The Bertz CT molecular complexity index is 639. The van der Waals surface area contributed by atoms with Crippen molar-refractivity contribution in [2.75, 3.05) is 38.5 Å². The van der Waals surface area contributed by atoms with E-state index in [2.05, 4.69) is 22.3 Å². The lowest BCUT2D eigenvalue weighted by Gasteiger charge is -2.34. The van der Waals surface area contributed by atoms with Gasteiger partial charge in [0.25, 0.3) is 0 Å². The van der Waals surface area contributed by atoms with Crippen LogP contribution < -0.4 is 5.32 Å². The lowest BCUT2D eigenvalue weighted by molar-refractivity contribution is -0.121. The van der Waals surface area contributed by atoms with Crippen molar-refractivity contribution in [3.63, 3.8) is 0 Å². The Morgan fingerprint density at radius 1 is 1.12 bits per heavy atom. The van der Waals surface area contributed by atoms with Gasteiger partial charge < -0.3 is 5.32 Å². The molecular formula is C18H29N3O3S. The first-order valence-corrected chi connectivity index (χ1v) is 10.5. The molecule has 1 amide bonds. The van der Waals surface area contributed by atoms with Gasteiger partial charge in [0.05, 0.1) is 5.75 Å². The van der Waals surface area contributed by atoms with Gasteiger partial charge in [-0.3, -0.25) is 9.69 Å². The van der Waals surface area contributed by atoms with Gasteiger partial charge in [-0.2, -0.15) is 4.31 Å². The van der Waals surface area contributed by atoms with E-state index in [1.807, 2.05) is 32.0 Å². The molecule has 1 aromatic rings. The first-order chi connectivity index (χ1) is 11.9. The van der Waals surface area contributed by atoms with E-state index in [-0.39, 0.29) is 24.1 Å². The van der Waals surface area contributed by atoms with Crippen LogP contribution in [0, 0.1) is 5.92 Å². The van der Waals surface area contributed by atoms with Gasteiger partial charge in [-0.1, -0.05) is 44.2 Å². The van der Waals surface area contributed by atoms with E-state index in [9.17, 15) is 13.2 Å².